The van der Waals surface area contributed by atoms with Crippen LogP contribution in [0.5, 0.6) is 0 Å². The predicted molar refractivity (Wildman–Crippen MR) is 85.7 cm³/mol. The van der Waals surface area contributed by atoms with Crippen molar-refractivity contribution in [3.63, 3.8) is 0 Å². The third-order valence-corrected chi connectivity index (χ3v) is 4.11. The van der Waals surface area contributed by atoms with E-state index in [4.69, 9.17) is 0 Å². The molecule has 0 aliphatic heterocycles. The molecule has 1 aromatic rings. The van der Waals surface area contributed by atoms with E-state index in [1.165, 1.54) is 28.7 Å². The predicted octanol–water partition coefficient (Wildman–Crippen LogP) is 3.94. The highest BCUT2D eigenvalue weighted by atomic mass is 79.9. The van der Waals surface area contributed by atoms with Gasteiger partial charge in [-0.3, -0.25) is 4.68 Å². The molecule has 0 bridgehead atoms. The van der Waals surface area contributed by atoms with Crippen molar-refractivity contribution in [1.29, 1.82) is 0 Å². The summed E-state index contributed by atoms with van der Waals surface area (Å²) in [7, 11) is 0. The van der Waals surface area contributed by atoms with Crippen LogP contribution in [0.1, 0.15) is 58.8 Å². The maximum Gasteiger partial charge on any atom is 0.0766 e. The van der Waals surface area contributed by atoms with Crippen molar-refractivity contribution in [2.24, 2.45) is 0 Å². The third kappa shape index (κ3) is 5.27. The van der Waals surface area contributed by atoms with Crippen LogP contribution in [0.25, 0.3) is 0 Å². The molecule has 1 N–H and O–H groups in total. The van der Waals surface area contributed by atoms with Gasteiger partial charge in [0.1, 0.15) is 0 Å². The van der Waals surface area contributed by atoms with Crippen LogP contribution in [0.3, 0.4) is 0 Å². The molecule has 0 aliphatic rings. The van der Waals surface area contributed by atoms with E-state index in [2.05, 4.69) is 65.6 Å². The molecule has 0 saturated heterocycles. The molecule has 110 valence electrons. The largest absolute Gasteiger partial charge is 0.312 e. The average molecular weight is 330 g/mol. The summed E-state index contributed by atoms with van der Waals surface area (Å²) in [5.74, 6) is 0. The van der Waals surface area contributed by atoms with Gasteiger partial charge in [-0.25, -0.2) is 0 Å². The van der Waals surface area contributed by atoms with E-state index >= 15 is 0 Å². The first-order chi connectivity index (χ1) is 8.89. The molecule has 1 aromatic heterocycles. The lowest BCUT2D eigenvalue weighted by Crippen LogP contribution is -2.36. The minimum Gasteiger partial charge on any atom is -0.312 e. The summed E-state index contributed by atoms with van der Waals surface area (Å²) in [4.78, 5) is 0. The molecule has 0 spiro atoms. The number of hydrogen-bond acceptors (Lipinski definition) is 2. The molecule has 0 aliphatic carbocycles. The van der Waals surface area contributed by atoms with E-state index in [0.717, 1.165) is 25.9 Å². The second-order valence-electron chi connectivity index (χ2n) is 6.01. The highest BCUT2D eigenvalue weighted by Gasteiger charge is 2.13. The number of aromatic nitrogens is 2. The molecule has 0 fully saturated rings. The van der Waals surface area contributed by atoms with E-state index in [0.29, 0.717) is 0 Å². The third-order valence-electron chi connectivity index (χ3n) is 3.19. The molecule has 0 unspecified atom stereocenters. The second kappa shape index (κ2) is 7.44. The molecular weight excluding hydrogens is 302 g/mol. The van der Waals surface area contributed by atoms with Crippen molar-refractivity contribution in [2.75, 3.05) is 6.54 Å². The minimum absolute atomic E-state index is 0.223. The first-order valence-electron chi connectivity index (χ1n) is 7.38. The van der Waals surface area contributed by atoms with Crippen LogP contribution in [0.4, 0.5) is 0 Å². The number of nitrogens with zero attached hydrogens (tertiary/aromatic N) is 2. The minimum atomic E-state index is 0.223. The lowest BCUT2D eigenvalue weighted by Gasteiger charge is -2.20. The fourth-order valence-electron chi connectivity index (χ4n) is 2.14. The zero-order valence-corrected chi connectivity index (χ0v) is 14.6. The van der Waals surface area contributed by atoms with Crippen LogP contribution in [-0.4, -0.2) is 21.9 Å². The smallest absolute Gasteiger partial charge is 0.0766 e. The van der Waals surface area contributed by atoms with Gasteiger partial charge in [0.2, 0.25) is 0 Å². The monoisotopic (exact) mass is 329 g/mol. The van der Waals surface area contributed by atoms with Crippen LogP contribution >= 0.6 is 15.9 Å². The Kier molecular flexibility index (Phi) is 6.54. The van der Waals surface area contributed by atoms with Crippen molar-refractivity contribution < 1.29 is 0 Å². The quantitative estimate of drug-likeness (QED) is 0.768. The van der Waals surface area contributed by atoms with Crippen molar-refractivity contribution in [3.05, 3.63) is 15.9 Å². The van der Waals surface area contributed by atoms with Gasteiger partial charge in [0.25, 0.3) is 0 Å². The Bertz CT molecular complexity index is 391. The summed E-state index contributed by atoms with van der Waals surface area (Å²) in [6, 6.07) is 0. The first-order valence-corrected chi connectivity index (χ1v) is 8.17. The van der Waals surface area contributed by atoms with Crippen LogP contribution in [0.15, 0.2) is 4.47 Å². The van der Waals surface area contributed by atoms with Crippen molar-refractivity contribution in [3.8, 4) is 0 Å². The highest BCUT2D eigenvalue weighted by Crippen LogP contribution is 2.23. The van der Waals surface area contributed by atoms with Crippen molar-refractivity contribution in [1.82, 2.24) is 15.1 Å². The van der Waals surface area contributed by atoms with Gasteiger partial charge in [-0.05, 0) is 75.9 Å². The normalized spacial score (nSPS) is 12.1. The van der Waals surface area contributed by atoms with E-state index in [9.17, 15) is 0 Å². The van der Waals surface area contributed by atoms with E-state index in [-0.39, 0.29) is 5.54 Å². The fraction of sp³-hybridized carbons (Fsp3) is 0.800. The van der Waals surface area contributed by atoms with Gasteiger partial charge in [0.05, 0.1) is 15.9 Å². The number of aryl methyl sites for hydroxylation is 2. The summed E-state index contributed by atoms with van der Waals surface area (Å²) in [5, 5.41) is 8.17. The standard InChI is InChI=1S/C15H28BrN3/c1-6-12-14(16)13(19(7-2)18-12)10-8-9-11-17-15(3,4)5/h17H,6-11H2,1-5H3. The molecule has 1 heterocycles. The fourth-order valence-corrected chi connectivity index (χ4v) is 2.90. The maximum absolute atomic E-state index is 4.64. The zero-order valence-electron chi connectivity index (χ0n) is 13.0. The Labute approximate surface area is 126 Å². The van der Waals surface area contributed by atoms with E-state index in [1.807, 2.05) is 0 Å². The highest BCUT2D eigenvalue weighted by molar-refractivity contribution is 9.10. The van der Waals surface area contributed by atoms with Gasteiger partial charge < -0.3 is 5.32 Å². The second-order valence-corrected chi connectivity index (χ2v) is 6.80. The van der Waals surface area contributed by atoms with Gasteiger partial charge in [-0.1, -0.05) is 6.92 Å². The molecule has 0 atom stereocenters. The van der Waals surface area contributed by atoms with Crippen LogP contribution < -0.4 is 5.32 Å². The first kappa shape index (κ1) is 16.7. The molecule has 3 nitrogen and oxygen atoms in total. The molecule has 0 aromatic carbocycles. The zero-order chi connectivity index (χ0) is 14.5. The van der Waals surface area contributed by atoms with Gasteiger partial charge in [0.15, 0.2) is 0 Å². The van der Waals surface area contributed by atoms with Gasteiger partial charge >= 0.3 is 0 Å². The summed E-state index contributed by atoms with van der Waals surface area (Å²) in [5.41, 5.74) is 2.76. The average Bonchev–Trinajstić information content (AvgIpc) is 2.64. The number of hydrogen-bond donors (Lipinski definition) is 1. The summed E-state index contributed by atoms with van der Waals surface area (Å²) in [6.45, 7) is 13.0. The summed E-state index contributed by atoms with van der Waals surface area (Å²) in [6.07, 6.45) is 4.51. The van der Waals surface area contributed by atoms with Crippen LogP contribution in [-0.2, 0) is 19.4 Å². The lowest BCUT2D eigenvalue weighted by atomic mass is 10.1. The molecule has 0 amide bonds. The number of halogens is 1. The SMILES string of the molecule is CCc1nn(CC)c(CCCCNC(C)(C)C)c1Br. The summed E-state index contributed by atoms with van der Waals surface area (Å²) >= 11 is 3.71. The van der Waals surface area contributed by atoms with Crippen LogP contribution in [0.2, 0.25) is 0 Å². The van der Waals surface area contributed by atoms with Gasteiger partial charge in [0, 0.05) is 12.1 Å². The molecule has 4 heteroatoms. The molecular formula is C15H28BrN3. The van der Waals surface area contributed by atoms with E-state index in [1.54, 1.807) is 0 Å². The van der Waals surface area contributed by atoms with Crippen molar-refractivity contribution >= 4 is 15.9 Å². The van der Waals surface area contributed by atoms with E-state index < -0.39 is 0 Å². The molecule has 19 heavy (non-hydrogen) atoms. The van der Waals surface area contributed by atoms with Gasteiger partial charge in [-0.2, -0.15) is 5.10 Å². The Morgan fingerprint density at radius 2 is 1.89 bits per heavy atom. The Balaban J connectivity index is 2.47. The summed E-state index contributed by atoms with van der Waals surface area (Å²) < 4.78 is 3.36. The lowest BCUT2D eigenvalue weighted by molar-refractivity contribution is 0.418. The van der Waals surface area contributed by atoms with Crippen molar-refractivity contribution in [2.45, 2.75) is 72.4 Å². The number of unbranched alkanes of at least 4 members (excludes halogenated alkanes) is 1. The van der Waals surface area contributed by atoms with Gasteiger partial charge in [-0.15, -0.1) is 0 Å². The van der Waals surface area contributed by atoms with Crippen LogP contribution in [0, 0.1) is 0 Å². The Morgan fingerprint density at radius 3 is 2.42 bits per heavy atom. The maximum atomic E-state index is 4.64. The molecule has 1 rings (SSSR count). The Hall–Kier alpha value is -0.350. The Morgan fingerprint density at radius 1 is 1.21 bits per heavy atom. The topological polar surface area (TPSA) is 29.9 Å². The molecule has 0 saturated carbocycles. The molecule has 0 radical (unpaired) electrons. The number of nitrogens with one attached hydrogen (secondary N) is 1. The number of rotatable bonds is 7.